The number of pyridine rings is 1. The number of aliphatic carboxylic acids is 1. The van der Waals surface area contributed by atoms with Crippen molar-refractivity contribution in [1.82, 2.24) is 10.3 Å². The molecule has 1 atom stereocenters. The molecule has 19 heavy (non-hydrogen) atoms. The predicted octanol–water partition coefficient (Wildman–Crippen LogP) is 1.03. The average molecular weight is 303 g/mol. The van der Waals surface area contributed by atoms with Gasteiger partial charge in [-0.1, -0.05) is 29.9 Å². The standard InChI is InChI=1S/C11H11ClN2O4S/c1-18-11(17)8(10(15)16)9(19)14-5-6-2-3-7(12)13-4-6/h2-4,8H,5H2,1H3,(H,14,19)(H,15,16). The highest BCUT2D eigenvalue weighted by Crippen LogP contribution is 2.07. The van der Waals surface area contributed by atoms with Gasteiger partial charge in [-0.3, -0.25) is 9.59 Å². The first-order valence-electron chi connectivity index (χ1n) is 5.14. The number of thiocarbonyl (C=S) groups is 1. The molecular weight excluding hydrogens is 292 g/mol. The summed E-state index contributed by atoms with van der Waals surface area (Å²) in [5.41, 5.74) is 0.751. The fraction of sp³-hybridized carbons (Fsp3) is 0.273. The smallest absolute Gasteiger partial charge is 0.327 e. The number of carbonyl (C=O) groups excluding carboxylic acids is 1. The molecule has 2 N–H and O–H groups in total. The molecule has 0 aromatic carbocycles. The Morgan fingerprint density at radius 3 is 2.74 bits per heavy atom. The second-order valence-corrected chi connectivity index (χ2v) is 4.33. The van der Waals surface area contributed by atoms with E-state index in [4.69, 9.17) is 28.9 Å². The Hall–Kier alpha value is -1.73. The Morgan fingerprint density at radius 1 is 1.58 bits per heavy atom. The van der Waals surface area contributed by atoms with Gasteiger partial charge in [0.15, 0.2) is 0 Å². The molecule has 1 aromatic heterocycles. The lowest BCUT2D eigenvalue weighted by molar-refractivity contribution is -0.153. The van der Waals surface area contributed by atoms with E-state index in [1.54, 1.807) is 12.1 Å². The fourth-order valence-corrected chi connectivity index (χ4v) is 1.62. The van der Waals surface area contributed by atoms with Crippen LogP contribution >= 0.6 is 23.8 Å². The van der Waals surface area contributed by atoms with Gasteiger partial charge in [-0.2, -0.15) is 0 Å². The first-order chi connectivity index (χ1) is 8.95. The minimum Gasteiger partial charge on any atom is -0.480 e. The number of ether oxygens (including phenoxy) is 1. The third-order valence-corrected chi connectivity index (χ3v) is 2.81. The van der Waals surface area contributed by atoms with Gasteiger partial charge in [-0.15, -0.1) is 0 Å². The first kappa shape index (κ1) is 15.3. The van der Waals surface area contributed by atoms with Crippen molar-refractivity contribution in [1.29, 1.82) is 0 Å². The van der Waals surface area contributed by atoms with Crippen molar-refractivity contribution in [2.75, 3.05) is 7.11 Å². The third kappa shape index (κ3) is 4.46. The van der Waals surface area contributed by atoms with E-state index in [-0.39, 0.29) is 11.5 Å². The topological polar surface area (TPSA) is 88.5 Å². The Kier molecular flexibility index (Phi) is 5.65. The van der Waals surface area contributed by atoms with E-state index in [9.17, 15) is 9.59 Å². The minimum atomic E-state index is -1.51. The van der Waals surface area contributed by atoms with Gasteiger partial charge in [0, 0.05) is 12.7 Å². The Bertz CT molecular complexity index is 492. The van der Waals surface area contributed by atoms with Crippen molar-refractivity contribution < 1.29 is 19.4 Å². The number of rotatable bonds is 5. The van der Waals surface area contributed by atoms with Gasteiger partial charge < -0.3 is 15.2 Å². The molecule has 6 nitrogen and oxygen atoms in total. The van der Waals surface area contributed by atoms with Gasteiger partial charge >= 0.3 is 11.9 Å². The number of esters is 1. The molecule has 1 rings (SSSR count). The van der Waals surface area contributed by atoms with Crippen molar-refractivity contribution in [3.63, 3.8) is 0 Å². The number of carboxylic acid groups (broad SMARTS) is 1. The lowest BCUT2D eigenvalue weighted by atomic mass is 10.1. The van der Waals surface area contributed by atoms with Crippen LogP contribution in [0.5, 0.6) is 0 Å². The zero-order chi connectivity index (χ0) is 14.4. The Morgan fingerprint density at radius 2 is 2.26 bits per heavy atom. The summed E-state index contributed by atoms with van der Waals surface area (Å²) in [5.74, 6) is -3.79. The number of carbonyl (C=O) groups is 2. The second-order valence-electron chi connectivity index (χ2n) is 3.50. The quantitative estimate of drug-likeness (QED) is 0.363. The summed E-state index contributed by atoms with van der Waals surface area (Å²) in [6.07, 6.45) is 1.52. The van der Waals surface area contributed by atoms with Gasteiger partial charge in [-0.25, -0.2) is 4.98 Å². The number of carboxylic acids is 1. The normalized spacial score (nSPS) is 11.5. The lowest BCUT2D eigenvalue weighted by Gasteiger charge is -2.13. The summed E-state index contributed by atoms with van der Waals surface area (Å²) in [6, 6.07) is 3.30. The van der Waals surface area contributed by atoms with Crippen molar-refractivity contribution in [3.05, 3.63) is 29.0 Å². The number of aromatic nitrogens is 1. The number of methoxy groups -OCH3 is 1. The molecule has 102 valence electrons. The van der Waals surface area contributed by atoms with Crippen LogP contribution in [0.25, 0.3) is 0 Å². The molecule has 0 bridgehead atoms. The lowest BCUT2D eigenvalue weighted by Crippen LogP contribution is -2.39. The SMILES string of the molecule is COC(=O)C(C(=O)O)C(=S)NCc1ccc(Cl)nc1. The Balaban J connectivity index is 2.65. The van der Waals surface area contributed by atoms with Crippen LogP contribution in [0, 0.1) is 5.92 Å². The van der Waals surface area contributed by atoms with Crippen LogP contribution < -0.4 is 5.32 Å². The van der Waals surface area contributed by atoms with Crippen molar-refractivity contribution in [2.24, 2.45) is 5.92 Å². The van der Waals surface area contributed by atoms with Crippen LogP contribution in [0.15, 0.2) is 18.3 Å². The largest absolute Gasteiger partial charge is 0.480 e. The maximum Gasteiger partial charge on any atom is 0.327 e. The molecule has 1 aromatic rings. The fourth-order valence-electron chi connectivity index (χ4n) is 1.24. The number of hydrogen-bond donors (Lipinski definition) is 2. The summed E-state index contributed by atoms with van der Waals surface area (Å²) in [5, 5.41) is 12.0. The maximum absolute atomic E-state index is 11.3. The predicted molar refractivity (Wildman–Crippen MR) is 71.8 cm³/mol. The summed E-state index contributed by atoms with van der Waals surface area (Å²) in [6.45, 7) is 0.240. The monoisotopic (exact) mass is 302 g/mol. The molecule has 1 unspecified atom stereocenters. The molecule has 0 aliphatic heterocycles. The van der Waals surface area contributed by atoms with Gasteiger partial charge in [0.1, 0.15) is 10.1 Å². The number of nitrogens with zero attached hydrogens (tertiary/aromatic N) is 1. The van der Waals surface area contributed by atoms with Crippen LogP contribution in [0.3, 0.4) is 0 Å². The third-order valence-electron chi connectivity index (χ3n) is 2.20. The highest BCUT2D eigenvalue weighted by atomic mass is 35.5. The van der Waals surface area contributed by atoms with Gasteiger partial charge in [0.2, 0.25) is 5.92 Å². The molecule has 0 saturated heterocycles. The van der Waals surface area contributed by atoms with E-state index in [1.807, 2.05) is 0 Å². The summed E-state index contributed by atoms with van der Waals surface area (Å²) < 4.78 is 4.39. The van der Waals surface area contributed by atoms with E-state index >= 15 is 0 Å². The Labute approximate surface area is 119 Å². The van der Waals surface area contributed by atoms with Gasteiger partial charge in [0.25, 0.3) is 0 Å². The van der Waals surface area contributed by atoms with Crippen molar-refractivity contribution in [3.8, 4) is 0 Å². The molecule has 0 amide bonds. The van der Waals surface area contributed by atoms with Crippen LogP contribution in [-0.2, 0) is 20.9 Å². The summed E-state index contributed by atoms with van der Waals surface area (Å²) >= 11 is 10.5. The zero-order valence-electron chi connectivity index (χ0n) is 9.92. The van der Waals surface area contributed by atoms with Crippen molar-refractivity contribution >= 4 is 40.7 Å². The molecular formula is C11H11ClN2O4S. The first-order valence-corrected chi connectivity index (χ1v) is 5.93. The van der Waals surface area contributed by atoms with Crippen molar-refractivity contribution in [2.45, 2.75) is 6.54 Å². The molecule has 8 heteroatoms. The van der Waals surface area contributed by atoms with Gasteiger partial charge in [0.05, 0.1) is 7.11 Å². The van der Waals surface area contributed by atoms with E-state index in [0.717, 1.165) is 12.7 Å². The summed E-state index contributed by atoms with van der Waals surface area (Å²) in [7, 11) is 1.10. The molecule has 0 fully saturated rings. The van der Waals surface area contributed by atoms with E-state index in [2.05, 4.69) is 15.0 Å². The minimum absolute atomic E-state index is 0.116. The van der Waals surface area contributed by atoms with Crippen LogP contribution in [-0.4, -0.2) is 34.1 Å². The molecule has 0 saturated carbocycles. The highest BCUT2D eigenvalue weighted by Gasteiger charge is 2.31. The molecule has 0 aliphatic rings. The van der Waals surface area contributed by atoms with E-state index < -0.39 is 17.9 Å². The molecule has 0 spiro atoms. The average Bonchev–Trinajstić information content (AvgIpc) is 2.37. The van der Waals surface area contributed by atoms with E-state index in [1.165, 1.54) is 6.20 Å². The maximum atomic E-state index is 11.3. The van der Waals surface area contributed by atoms with E-state index in [0.29, 0.717) is 5.15 Å². The highest BCUT2D eigenvalue weighted by molar-refractivity contribution is 7.80. The number of halogens is 1. The van der Waals surface area contributed by atoms with Crippen LogP contribution in [0.4, 0.5) is 0 Å². The number of hydrogen-bond acceptors (Lipinski definition) is 5. The second kappa shape index (κ2) is 7.01. The zero-order valence-corrected chi connectivity index (χ0v) is 11.5. The molecule has 0 radical (unpaired) electrons. The van der Waals surface area contributed by atoms with Crippen LogP contribution in [0.2, 0.25) is 5.15 Å². The summed E-state index contributed by atoms with van der Waals surface area (Å²) in [4.78, 5) is 26.0. The molecule has 1 heterocycles. The number of nitrogens with one attached hydrogen (secondary N) is 1. The van der Waals surface area contributed by atoms with Gasteiger partial charge in [-0.05, 0) is 11.6 Å². The molecule has 0 aliphatic carbocycles. The van der Waals surface area contributed by atoms with Crippen LogP contribution in [0.1, 0.15) is 5.56 Å².